The third kappa shape index (κ3) is 2.45. The van der Waals surface area contributed by atoms with Crippen LogP contribution in [0, 0.1) is 13.8 Å². The number of aryl methyl sites for hydroxylation is 2. The fourth-order valence-corrected chi connectivity index (χ4v) is 2.08. The maximum Gasteiger partial charge on any atom is 0.258 e. The van der Waals surface area contributed by atoms with Gasteiger partial charge in [-0.25, -0.2) is 15.0 Å². The van der Waals surface area contributed by atoms with Crippen molar-refractivity contribution in [2.75, 3.05) is 5.32 Å². The van der Waals surface area contributed by atoms with Gasteiger partial charge in [-0.15, -0.1) is 0 Å². The number of anilines is 1. The summed E-state index contributed by atoms with van der Waals surface area (Å²) in [5.41, 5.74) is 1.74. The van der Waals surface area contributed by atoms with Crippen molar-refractivity contribution in [1.29, 1.82) is 0 Å². The monoisotopic (exact) mass is 302 g/mol. The minimum absolute atomic E-state index is 0.322. The number of furan rings is 1. The van der Waals surface area contributed by atoms with E-state index in [1.54, 1.807) is 12.1 Å². The quantitative estimate of drug-likeness (QED) is 0.735. The fourth-order valence-electron chi connectivity index (χ4n) is 1.97. The largest absolute Gasteiger partial charge is 0.443 e. The lowest BCUT2D eigenvalue weighted by molar-refractivity contribution is 0.102. The first-order valence-electron chi connectivity index (χ1n) is 6.20. The van der Waals surface area contributed by atoms with E-state index in [9.17, 15) is 4.79 Å². The van der Waals surface area contributed by atoms with E-state index in [4.69, 9.17) is 16.0 Å². The number of halogens is 1. The molecular weight excluding hydrogens is 292 g/mol. The van der Waals surface area contributed by atoms with E-state index >= 15 is 0 Å². The van der Waals surface area contributed by atoms with E-state index < -0.39 is 0 Å². The third-order valence-corrected chi connectivity index (χ3v) is 3.41. The summed E-state index contributed by atoms with van der Waals surface area (Å²) in [6, 6.07) is 3.15. The van der Waals surface area contributed by atoms with Crippen molar-refractivity contribution in [2.24, 2.45) is 0 Å². The van der Waals surface area contributed by atoms with Crippen LogP contribution in [-0.2, 0) is 0 Å². The first kappa shape index (κ1) is 13.5. The summed E-state index contributed by atoms with van der Waals surface area (Å²) in [6.07, 6.45) is 2.75. The lowest BCUT2D eigenvalue weighted by Gasteiger charge is -2.05. The van der Waals surface area contributed by atoms with Gasteiger partial charge in [-0.2, -0.15) is 0 Å². The number of fused-ring (bicyclic) bond motifs is 1. The molecule has 1 amide bonds. The summed E-state index contributed by atoms with van der Waals surface area (Å²) in [5, 5.41) is 3.77. The highest BCUT2D eigenvalue weighted by Crippen LogP contribution is 2.28. The number of aromatic nitrogens is 3. The molecule has 3 rings (SSSR count). The van der Waals surface area contributed by atoms with Gasteiger partial charge in [-0.1, -0.05) is 11.6 Å². The number of carbonyl (C=O) groups excluding carboxylic acids is 1. The predicted octanol–water partition coefficient (Wildman–Crippen LogP) is 3.14. The molecule has 0 saturated heterocycles. The van der Waals surface area contributed by atoms with Gasteiger partial charge in [0.25, 0.3) is 5.91 Å². The Balaban J connectivity index is 1.98. The summed E-state index contributed by atoms with van der Waals surface area (Å²) in [4.78, 5) is 24.3. The number of pyridine rings is 1. The zero-order valence-corrected chi connectivity index (χ0v) is 12.1. The molecule has 0 unspecified atom stereocenters. The molecule has 0 aliphatic rings. The van der Waals surface area contributed by atoms with Gasteiger partial charge in [0.15, 0.2) is 0 Å². The minimum Gasteiger partial charge on any atom is -0.443 e. The molecule has 0 saturated carbocycles. The zero-order chi connectivity index (χ0) is 15.0. The Morgan fingerprint density at radius 3 is 2.76 bits per heavy atom. The first-order valence-corrected chi connectivity index (χ1v) is 6.57. The molecular formula is C14H11ClN4O2. The maximum absolute atomic E-state index is 12.2. The number of hydrogen-bond acceptors (Lipinski definition) is 5. The van der Waals surface area contributed by atoms with Crippen molar-refractivity contribution in [1.82, 2.24) is 15.0 Å². The van der Waals surface area contributed by atoms with Gasteiger partial charge >= 0.3 is 0 Å². The topological polar surface area (TPSA) is 80.9 Å². The van der Waals surface area contributed by atoms with Crippen molar-refractivity contribution in [3.8, 4) is 0 Å². The van der Waals surface area contributed by atoms with Crippen LogP contribution >= 0.6 is 11.6 Å². The van der Waals surface area contributed by atoms with Crippen LogP contribution in [0.1, 0.15) is 21.7 Å². The van der Waals surface area contributed by atoms with Gasteiger partial charge in [-0.05, 0) is 26.0 Å². The number of nitrogens with one attached hydrogen (secondary N) is 1. The number of carbonyl (C=O) groups is 1. The van der Waals surface area contributed by atoms with E-state index in [-0.39, 0.29) is 5.91 Å². The van der Waals surface area contributed by atoms with Crippen LogP contribution in [0.3, 0.4) is 0 Å². The Morgan fingerprint density at radius 2 is 2.05 bits per heavy atom. The average molecular weight is 303 g/mol. The van der Waals surface area contributed by atoms with E-state index in [1.807, 2.05) is 13.8 Å². The Bertz CT molecular complexity index is 827. The zero-order valence-electron chi connectivity index (χ0n) is 11.3. The highest BCUT2D eigenvalue weighted by molar-refractivity contribution is 6.29. The predicted molar refractivity (Wildman–Crippen MR) is 78.5 cm³/mol. The van der Waals surface area contributed by atoms with Crippen molar-refractivity contribution in [3.63, 3.8) is 0 Å². The van der Waals surface area contributed by atoms with Gasteiger partial charge in [-0.3, -0.25) is 4.79 Å². The molecule has 106 valence electrons. The molecule has 3 aromatic rings. The van der Waals surface area contributed by atoms with Crippen molar-refractivity contribution < 1.29 is 9.21 Å². The molecule has 21 heavy (non-hydrogen) atoms. The molecule has 0 bridgehead atoms. The number of rotatable bonds is 2. The molecule has 0 aliphatic heterocycles. The molecule has 3 heterocycles. The Hall–Kier alpha value is -2.47. The van der Waals surface area contributed by atoms with Crippen molar-refractivity contribution in [3.05, 3.63) is 46.7 Å². The summed E-state index contributed by atoms with van der Waals surface area (Å²) in [5.74, 6) is 0.834. The summed E-state index contributed by atoms with van der Waals surface area (Å²) in [6.45, 7) is 3.73. The molecule has 0 aliphatic carbocycles. The van der Waals surface area contributed by atoms with Crippen LogP contribution in [0.2, 0.25) is 5.15 Å². The first-order chi connectivity index (χ1) is 10.1. The van der Waals surface area contributed by atoms with Gasteiger partial charge in [0, 0.05) is 11.8 Å². The Labute approximate surface area is 125 Å². The van der Waals surface area contributed by atoms with Crippen LogP contribution in [0.25, 0.3) is 11.1 Å². The summed E-state index contributed by atoms with van der Waals surface area (Å²) in [7, 11) is 0. The van der Waals surface area contributed by atoms with Gasteiger partial charge in [0.2, 0.25) is 5.71 Å². The van der Waals surface area contributed by atoms with Crippen LogP contribution < -0.4 is 5.32 Å². The smallest absolute Gasteiger partial charge is 0.258 e. The molecule has 0 spiro atoms. The second-order valence-electron chi connectivity index (χ2n) is 4.51. The molecule has 0 atom stereocenters. The molecule has 3 aromatic heterocycles. The van der Waals surface area contributed by atoms with E-state index in [1.165, 1.54) is 12.5 Å². The third-order valence-electron chi connectivity index (χ3n) is 3.19. The maximum atomic E-state index is 12.2. The number of hydrogen-bond donors (Lipinski definition) is 1. The fraction of sp³-hybridized carbons (Fsp3) is 0.143. The lowest BCUT2D eigenvalue weighted by Crippen LogP contribution is -2.13. The molecule has 7 heteroatoms. The molecule has 6 nitrogen and oxygen atoms in total. The second kappa shape index (κ2) is 5.14. The van der Waals surface area contributed by atoms with Gasteiger partial charge < -0.3 is 9.73 Å². The summed E-state index contributed by atoms with van der Waals surface area (Å²) < 4.78 is 5.51. The SMILES string of the molecule is Cc1oc2ncnc(NC(=O)c3ccc(Cl)nc3)c2c1C. The molecule has 0 aromatic carbocycles. The highest BCUT2D eigenvalue weighted by Gasteiger charge is 2.16. The Morgan fingerprint density at radius 1 is 1.24 bits per heavy atom. The molecule has 1 N–H and O–H groups in total. The van der Waals surface area contributed by atoms with Crippen LogP contribution in [-0.4, -0.2) is 20.9 Å². The van der Waals surface area contributed by atoms with E-state index in [0.29, 0.717) is 27.6 Å². The number of amides is 1. The van der Waals surface area contributed by atoms with Crippen LogP contribution in [0.5, 0.6) is 0 Å². The summed E-state index contributed by atoms with van der Waals surface area (Å²) >= 11 is 5.70. The standard InChI is InChI=1S/C14H11ClN4O2/c1-7-8(2)21-14-11(7)12(17-6-18-14)19-13(20)9-3-4-10(15)16-5-9/h3-6H,1-2H3,(H,17,18,19,20). The van der Waals surface area contributed by atoms with Gasteiger partial charge in [0.05, 0.1) is 10.9 Å². The Kier molecular flexibility index (Phi) is 3.31. The van der Waals surface area contributed by atoms with Gasteiger partial charge in [0.1, 0.15) is 23.1 Å². The highest BCUT2D eigenvalue weighted by atomic mass is 35.5. The average Bonchev–Trinajstić information content (AvgIpc) is 2.76. The van der Waals surface area contributed by atoms with Crippen molar-refractivity contribution in [2.45, 2.75) is 13.8 Å². The van der Waals surface area contributed by atoms with Crippen LogP contribution in [0.15, 0.2) is 29.1 Å². The molecule has 0 fully saturated rings. The van der Waals surface area contributed by atoms with E-state index in [2.05, 4.69) is 20.3 Å². The minimum atomic E-state index is -0.322. The molecule has 0 radical (unpaired) electrons. The van der Waals surface area contributed by atoms with Crippen LogP contribution in [0.4, 0.5) is 5.82 Å². The van der Waals surface area contributed by atoms with Crippen molar-refractivity contribution >= 4 is 34.4 Å². The van der Waals surface area contributed by atoms with E-state index in [0.717, 1.165) is 11.3 Å². The lowest BCUT2D eigenvalue weighted by atomic mass is 10.2. The number of nitrogens with zero attached hydrogens (tertiary/aromatic N) is 3. The normalized spacial score (nSPS) is 10.8. The second-order valence-corrected chi connectivity index (χ2v) is 4.90.